The van der Waals surface area contributed by atoms with Crippen molar-refractivity contribution in [1.82, 2.24) is 9.78 Å². The summed E-state index contributed by atoms with van der Waals surface area (Å²) in [6.07, 6.45) is 6.60. The lowest BCUT2D eigenvalue weighted by Gasteiger charge is -2.24. The van der Waals surface area contributed by atoms with E-state index in [0.29, 0.717) is 16.5 Å². The first-order valence-corrected chi connectivity index (χ1v) is 10.7. The molecular weight excluding hydrogens is 387 g/mol. The molecule has 1 heterocycles. The summed E-state index contributed by atoms with van der Waals surface area (Å²) in [5, 5.41) is 4.56. The zero-order chi connectivity index (χ0) is 17.2. The molecule has 0 aliphatic carbocycles. The number of hydrogen-bond donors (Lipinski definition) is 0. The monoisotopic (exact) mass is 406 g/mol. The molecule has 0 aliphatic heterocycles. The number of ether oxygens (including phenoxy) is 2. The fourth-order valence-electron chi connectivity index (χ4n) is 2.01. The Bertz CT molecular complexity index is 728. The maximum absolute atomic E-state index is 14.4. The molecule has 0 N–H and O–H groups in total. The number of aromatic nitrogens is 2. The average molecular weight is 407 g/mol. The van der Waals surface area contributed by atoms with E-state index >= 15 is 0 Å². The van der Waals surface area contributed by atoms with Gasteiger partial charge < -0.3 is 9.47 Å². The normalized spacial score (nSPS) is 12.6. The van der Waals surface area contributed by atoms with Gasteiger partial charge in [0.25, 0.3) is 0 Å². The second kappa shape index (κ2) is 7.19. The third-order valence-corrected chi connectivity index (χ3v) is 5.24. The molecule has 0 saturated heterocycles. The summed E-state index contributed by atoms with van der Waals surface area (Å²) in [5.41, 5.74) is 0.307. The van der Waals surface area contributed by atoms with Crippen molar-refractivity contribution in [1.29, 1.82) is 0 Å². The van der Waals surface area contributed by atoms with E-state index in [1.807, 2.05) is 0 Å². The van der Waals surface area contributed by atoms with Crippen LogP contribution in [-0.2, 0) is 16.2 Å². The topological polar surface area (TPSA) is 53.3 Å². The van der Waals surface area contributed by atoms with Gasteiger partial charge in [0.2, 0.25) is 0 Å². The maximum atomic E-state index is 14.4. The molecule has 0 aliphatic rings. The van der Waals surface area contributed by atoms with Crippen molar-refractivity contribution >= 4 is 42.8 Å². The minimum absolute atomic E-state index is 0.0797. The van der Waals surface area contributed by atoms with E-state index in [9.17, 15) is 9.18 Å². The van der Waals surface area contributed by atoms with Gasteiger partial charge in [0, 0.05) is 11.1 Å². The molecule has 23 heavy (non-hydrogen) atoms. The Hall–Kier alpha value is -1.12. The summed E-state index contributed by atoms with van der Waals surface area (Å²) >= 11 is 3.15. The zero-order valence-electron chi connectivity index (χ0n) is 13.6. The van der Waals surface area contributed by atoms with Crippen molar-refractivity contribution in [2.75, 3.05) is 38.2 Å². The van der Waals surface area contributed by atoms with Crippen LogP contribution in [0, 0.1) is 5.82 Å². The highest BCUT2D eigenvalue weighted by atomic mass is 79.9. The number of carbonyl (C=O) groups is 1. The maximum Gasteiger partial charge on any atom is 0.359 e. The summed E-state index contributed by atoms with van der Waals surface area (Å²) in [5.74, 6) is -0.132. The fraction of sp³-hybridized carbons (Fsp3) is 0.467. The van der Waals surface area contributed by atoms with Gasteiger partial charge in [-0.05, 0) is 46.8 Å². The van der Waals surface area contributed by atoms with Crippen LogP contribution in [-0.4, -0.2) is 54.0 Å². The van der Waals surface area contributed by atoms with Gasteiger partial charge in [0.1, 0.15) is 12.2 Å². The molecule has 0 spiro atoms. The number of carbonyl (C=O) groups excluding carboxylic acids is 1. The lowest BCUT2D eigenvalue weighted by Crippen LogP contribution is -2.12. The molecule has 0 saturated carbocycles. The fourth-order valence-corrected chi connectivity index (χ4v) is 2.95. The van der Waals surface area contributed by atoms with E-state index in [0.717, 1.165) is 5.75 Å². The number of esters is 1. The van der Waals surface area contributed by atoms with Crippen LogP contribution < -0.4 is 0 Å². The van der Waals surface area contributed by atoms with Gasteiger partial charge in [-0.25, -0.2) is 23.9 Å². The zero-order valence-corrected chi connectivity index (χ0v) is 16.0. The molecule has 2 rings (SSSR count). The number of benzene rings is 1. The molecule has 1 aromatic carbocycles. The number of halogens is 2. The van der Waals surface area contributed by atoms with E-state index < -0.39 is 21.8 Å². The smallest absolute Gasteiger partial charge is 0.359 e. The number of fused-ring (bicyclic) bond motifs is 1. The molecule has 1 aromatic heterocycles. The molecule has 0 atom stereocenters. The van der Waals surface area contributed by atoms with Crippen LogP contribution in [0.5, 0.6) is 0 Å². The number of methoxy groups -OCH3 is 1. The molecular formula is C15H20BrFN2O3S. The van der Waals surface area contributed by atoms with Crippen molar-refractivity contribution < 1.29 is 18.7 Å². The molecule has 0 fully saturated rings. The standard InChI is InChI=1S/C15H20BrFN2O3S/c1-21-15(20)13-10-5-6-11(16)12(17)14(10)19(18-13)9-22-7-8-23(2,3)4/h5-6H,7-9H2,1-4H3. The molecule has 8 heteroatoms. The second-order valence-electron chi connectivity index (χ2n) is 5.93. The molecule has 0 radical (unpaired) electrons. The van der Waals surface area contributed by atoms with Crippen LogP contribution in [0.25, 0.3) is 10.9 Å². The first kappa shape index (κ1) is 18.2. The SMILES string of the molecule is COC(=O)c1nn(COCCS(C)(C)C)c2c(F)c(Br)ccc12. The van der Waals surface area contributed by atoms with E-state index in [1.54, 1.807) is 12.1 Å². The molecule has 128 valence electrons. The van der Waals surface area contributed by atoms with E-state index in [2.05, 4.69) is 39.8 Å². The Morgan fingerprint density at radius 2 is 2.09 bits per heavy atom. The average Bonchev–Trinajstić information content (AvgIpc) is 2.85. The van der Waals surface area contributed by atoms with Gasteiger partial charge in [0.15, 0.2) is 11.5 Å². The van der Waals surface area contributed by atoms with E-state index in [4.69, 9.17) is 9.47 Å². The van der Waals surface area contributed by atoms with Gasteiger partial charge in [-0.15, -0.1) is 0 Å². The quantitative estimate of drug-likeness (QED) is 0.544. The van der Waals surface area contributed by atoms with Crippen molar-refractivity contribution in [3.63, 3.8) is 0 Å². The Morgan fingerprint density at radius 3 is 2.70 bits per heavy atom. The number of nitrogens with zero attached hydrogens (tertiary/aromatic N) is 2. The van der Waals surface area contributed by atoms with Crippen molar-refractivity contribution in [2.45, 2.75) is 6.73 Å². The van der Waals surface area contributed by atoms with Gasteiger partial charge >= 0.3 is 5.97 Å². The number of hydrogen-bond acceptors (Lipinski definition) is 4. The van der Waals surface area contributed by atoms with Crippen molar-refractivity contribution in [3.8, 4) is 0 Å². The lowest BCUT2D eigenvalue weighted by atomic mass is 10.2. The second-order valence-corrected chi connectivity index (χ2v) is 11.4. The van der Waals surface area contributed by atoms with Crippen molar-refractivity contribution in [2.24, 2.45) is 0 Å². The van der Waals surface area contributed by atoms with Gasteiger partial charge in [-0.2, -0.15) is 5.10 Å². The summed E-state index contributed by atoms with van der Waals surface area (Å²) in [6, 6.07) is 3.18. The van der Waals surface area contributed by atoms with E-state index in [-0.39, 0.29) is 17.9 Å². The third kappa shape index (κ3) is 4.24. The Morgan fingerprint density at radius 1 is 1.39 bits per heavy atom. The summed E-state index contributed by atoms with van der Waals surface area (Å²) in [4.78, 5) is 11.8. The van der Waals surface area contributed by atoms with Crippen LogP contribution in [0.3, 0.4) is 0 Å². The van der Waals surface area contributed by atoms with Gasteiger partial charge in [0.05, 0.1) is 18.2 Å². The van der Waals surface area contributed by atoms with E-state index in [1.165, 1.54) is 11.8 Å². The third-order valence-electron chi connectivity index (χ3n) is 3.24. The summed E-state index contributed by atoms with van der Waals surface area (Å²) in [7, 11) is 0.610. The van der Waals surface area contributed by atoms with Gasteiger partial charge in [-0.1, -0.05) is 0 Å². The molecule has 2 aromatic rings. The first-order chi connectivity index (χ1) is 10.7. The van der Waals surface area contributed by atoms with Crippen LogP contribution >= 0.6 is 26.0 Å². The highest BCUT2D eigenvalue weighted by Gasteiger charge is 2.21. The Kier molecular flexibility index (Phi) is 5.70. The Balaban J connectivity index is 2.31. The molecule has 0 bridgehead atoms. The lowest BCUT2D eigenvalue weighted by molar-refractivity contribution is 0.0586. The van der Waals surface area contributed by atoms with Gasteiger partial charge in [-0.3, -0.25) is 0 Å². The Labute approximate surface area is 144 Å². The van der Waals surface area contributed by atoms with Crippen LogP contribution in [0.4, 0.5) is 4.39 Å². The molecule has 0 unspecified atom stereocenters. The van der Waals surface area contributed by atoms with Crippen LogP contribution in [0.1, 0.15) is 10.5 Å². The largest absolute Gasteiger partial charge is 0.464 e. The van der Waals surface area contributed by atoms with Crippen LogP contribution in [0.15, 0.2) is 16.6 Å². The van der Waals surface area contributed by atoms with Crippen molar-refractivity contribution in [3.05, 3.63) is 28.1 Å². The number of rotatable bonds is 6. The predicted molar refractivity (Wildman–Crippen MR) is 94.9 cm³/mol. The molecule has 0 amide bonds. The minimum atomic E-state index is -0.658. The summed E-state index contributed by atoms with van der Waals surface area (Å²) < 4.78 is 26.4. The molecule has 5 nitrogen and oxygen atoms in total. The van der Waals surface area contributed by atoms with Crippen LogP contribution in [0.2, 0.25) is 0 Å². The predicted octanol–water partition coefficient (Wildman–Crippen LogP) is 3.39. The highest BCUT2D eigenvalue weighted by molar-refractivity contribution is 9.10. The highest BCUT2D eigenvalue weighted by Crippen LogP contribution is 2.33. The first-order valence-electron chi connectivity index (χ1n) is 6.91. The minimum Gasteiger partial charge on any atom is -0.464 e. The summed E-state index contributed by atoms with van der Waals surface area (Å²) in [6.45, 7) is 0.639.